The zero-order valence-corrected chi connectivity index (χ0v) is 16.2. The normalized spacial score (nSPS) is 24.3. The summed E-state index contributed by atoms with van der Waals surface area (Å²) >= 11 is 0. The van der Waals surface area contributed by atoms with Gasteiger partial charge in [0.25, 0.3) is 5.91 Å². The number of aliphatic imine (C=N–C) groups is 1. The van der Waals surface area contributed by atoms with Crippen LogP contribution in [-0.4, -0.2) is 73.0 Å². The Morgan fingerprint density at radius 2 is 2.15 bits per heavy atom. The van der Waals surface area contributed by atoms with Crippen LogP contribution in [0.5, 0.6) is 0 Å². The lowest BCUT2D eigenvalue weighted by molar-refractivity contribution is -0.912. The molecule has 1 aromatic rings. The first-order chi connectivity index (χ1) is 13.0. The summed E-state index contributed by atoms with van der Waals surface area (Å²) < 4.78 is 0.939. The van der Waals surface area contributed by atoms with Gasteiger partial charge in [0, 0.05) is 37.7 Å². The van der Waals surface area contributed by atoms with Crippen molar-refractivity contribution < 1.29 is 14.4 Å². The van der Waals surface area contributed by atoms with Crippen LogP contribution in [0.15, 0.2) is 23.2 Å². The van der Waals surface area contributed by atoms with Gasteiger partial charge < -0.3 is 24.8 Å². The standard InChI is InChI=1S/C21H30N4O2/c1-16-4-5-19-17(12-16)13-18(23-19)6-7-22-20(26)14-24-8-11-25(15-21(24)27)9-2-3-10-25/h4-5,12,18,23H,2-3,6-11,13-15H2,1H3. The summed E-state index contributed by atoms with van der Waals surface area (Å²) in [5.74, 6) is -0.0421. The summed E-state index contributed by atoms with van der Waals surface area (Å²) in [6.45, 7) is 7.26. The number of quaternary nitrogens is 1. The van der Waals surface area contributed by atoms with Gasteiger partial charge in [-0.2, -0.15) is 0 Å². The fourth-order valence-electron chi connectivity index (χ4n) is 4.78. The van der Waals surface area contributed by atoms with E-state index in [9.17, 15) is 9.90 Å². The Labute approximate surface area is 161 Å². The minimum atomic E-state index is -0.162. The highest BCUT2D eigenvalue weighted by Gasteiger charge is 2.39. The van der Waals surface area contributed by atoms with Crippen LogP contribution in [0.2, 0.25) is 0 Å². The molecule has 0 bridgehead atoms. The fourth-order valence-corrected chi connectivity index (χ4v) is 4.78. The SMILES string of the molecule is Cc1ccc2c(c1)CC(CCN=C([O-])CN1CC[N+]3(CCCC3)CC1=O)N2. The van der Waals surface area contributed by atoms with Gasteiger partial charge >= 0.3 is 0 Å². The summed E-state index contributed by atoms with van der Waals surface area (Å²) in [6, 6.07) is 6.81. The number of hydrogen-bond donors (Lipinski definition) is 1. The molecule has 0 saturated carbocycles. The lowest BCUT2D eigenvalue weighted by Crippen LogP contribution is -2.61. The van der Waals surface area contributed by atoms with Crippen LogP contribution in [0.1, 0.15) is 30.4 Å². The molecule has 6 nitrogen and oxygen atoms in total. The lowest BCUT2D eigenvalue weighted by Gasteiger charge is -2.41. The fraction of sp³-hybridized carbons (Fsp3) is 0.619. The summed E-state index contributed by atoms with van der Waals surface area (Å²) in [7, 11) is 0. The second-order valence-electron chi connectivity index (χ2n) is 8.46. The maximum absolute atomic E-state index is 12.4. The number of fused-ring (bicyclic) bond motifs is 1. The summed E-state index contributed by atoms with van der Waals surface area (Å²) in [5, 5.41) is 15.7. The first kappa shape index (κ1) is 18.3. The molecule has 1 N–H and O–H groups in total. The molecule has 1 aromatic carbocycles. The van der Waals surface area contributed by atoms with Crippen molar-refractivity contribution >= 4 is 17.5 Å². The Kier molecular flexibility index (Phi) is 5.08. The van der Waals surface area contributed by atoms with E-state index in [1.54, 1.807) is 4.90 Å². The molecule has 146 valence electrons. The summed E-state index contributed by atoms with van der Waals surface area (Å²) in [4.78, 5) is 18.3. The monoisotopic (exact) mass is 370 g/mol. The van der Waals surface area contributed by atoms with Crippen LogP contribution in [0.3, 0.4) is 0 Å². The number of carbonyl (C=O) groups is 1. The van der Waals surface area contributed by atoms with E-state index < -0.39 is 0 Å². The Morgan fingerprint density at radius 1 is 1.33 bits per heavy atom. The lowest BCUT2D eigenvalue weighted by atomic mass is 10.1. The Morgan fingerprint density at radius 3 is 2.93 bits per heavy atom. The van der Waals surface area contributed by atoms with Gasteiger partial charge in [-0.05, 0) is 37.3 Å². The van der Waals surface area contributed by atoms with Crippen LogP contribution >= 0.6 is 0 Å². The number of benzene rings is 1. The number of amides is 1. The van der Waals surface area contributed by atoms with Crippen molar-refractivity contribution in [2.24, 2.45) is 4.99 Å². The molecule has 1 spiro atoms. The van der Waals surface area contributed by atoms with Crippen molar-refractivity contribution in [3.63, 3.8) is 0 Å². The minimum absolute atomic E-state index is 0.120. The van der Waals surface area contributed by atoms with E-state index in [0.717, 1.165) is 37.0 Å². The highest BCUT2D eigenvalue weighted by molar-refractivity contribution is 5.83. The van der Waals surface area contributed by atoms with E-state index in [2.05, 4.69) is 35.4 Å². The molecule has 0 radical (unpaired) electrons. The van der Waals surface area contributed by atoms with Crippen molar-refractivity contribution in [2.75, 3.05) is 51.1 Å². The van der Waals surface area contributed by atoms with E-state index in [-0.39, 0.29) is 18.3 Å². The highest BCUT2D eigenvalue weighted by atomic mass is 16.3. The molecule has 2 fully saturated rings. The maximum atomic E-state index is 12.4. The number of carbonyl (C=O) groups excluding carboxylic acids is 1. The van der Waals surface area contributed by atoms with Gasteiger partial charge in [-0.25, -0.2) is 0 Å². The number of rotatable bonds is 5. The van der Waals surface area contributed by atoms with E-state index in [1.165, 1.54) is 29.7 Å². The molecule has 3 aliphatic rings. The third-order valence-corrected chi connectivity index (χ3v) is 6.36. The van der Waals surface area contributed by atoms with E-state index >= 15 is 0 Å². The van der Waals surface area contributed by atoms with Gasteiger partial charge in [0.15, 0.2) is 6.54 Å². The molecule has 1 unspecified atom stereocenters. The Bertz CT molecular complexity index is 740. The molecule has 2 saturated heterocycles. The third kappa shape index (κ3) is 4.10. The van der Waals surface area contributed by atoms with Crippen molar-refractivity contribution in [1.29, 1.82) is 0 Å². The molecule has 27 heavy (non-hydrogen) atoms. The van der Waals surface area contributed by atoms with Gasteiger partial charge in [-0.3, -0.25) is 4.79 Å². The molecule has 3 aliphatic heterocycles. The molecule has 3 heterocycles. The third-order valence-electron chi connectivity index (χ3n) is 6.36. The summed E-state index contributed by atoms with van der Waals surface area (Å²) in [6.07, 6.45) is 4.28. The van der Waals surface area contributed by atoms with E-state index in [1.807, 2.05) is 0 Å². The molecule has 4 rings (SSSR count). The van der Waals surface area contributed by atoms with Crippen LogP contribution in [0.25, 0.3) is 0 Å². The molecule has 1 atom stereocenters. The first-order valence-electron chi connectivity index (χ1n) is 10.2. The molecular formula is C21H30N4O2. The second-order valence-corrected chi connectivity index (χ2v) is 8.46. The molecule has 0 aromatic heterocycles. The largest absolute Gasteiger partial charge is 0.861 e. The quantitative estimate of drug-likeness (QED) is 0.476. The smallest absolute Gasteiger partial charge is 0.278 e. The maximum Gasteiger partial charge on any atom is 0.278 e. The predicted octanol–water partition coefficient (Wildman–Crippen LogP) is 0.933. The number of aryl methyl sites for hydroxylation is 1. The van der Waals surface area contributed by atoms with Crippen LogP contribution < -0.4 is 10.4 Å². The van der Waals surface area contributed by atoms with Gasteiger partial charge in [0.05, 0.1) is 26.2 Å². The number of nitrogens with zero attached hydrogens (tertiary/aromatic N) is 3. The van der Waals surface area contributed by atoms with E-state index in [0.29, 0.717) is 25.7 Å². The number of hydrogen-bond acceptors (Lipinski definition) is 4. The van der Waals surface area contributed by atoms with Crippen molar-refractivity contribution in [2.45, 2.75) is 38.6 Å². The average Bonchev–Trinajstić information content (AvgIpc) is 3.24. The number of nitrogens with one attached hydrogen (secondary N) is 1. The second kappa shape index (κ2) is 7.50. The topological polar surface area (TPSA) is 67.8 Å². The van der Waals surface area contributed by atoms with Gasteiger partial charge in [0.2, 0.25) is 0 Å². The van der Waals surface area contributed by atoms with Crippen molar-refractivity contribution in [3.8, 4) is 0 Å². The molecule has 1 amide bonds. The Hall–Kier alpha value is -2.08. The Balaban J connectivity index is 1.23. The zero-order chi connectivity index (χ0) is 18.9. The van der Waals surface area contributed by atoms with Gasteiger partial charge in [0.1, 0.15) is 0 Å². The van der Waals surface area contributed by atoms with Crippen molar-refractivity contribution in [3.05, 3.63) is 29.3 Å². The summed E-state index contributed by atoms with van der Waals surface area (Å²) in [5.41, 5.74) is 3.83. The predicted molar refractivity (Wildman–Crippen MR) is 105 cm³/mol. The highest BCUT2D eigenvalue weighted by Crippen LogP contribution is 2.28. The number of anilines is 1. The van der Waals surface area contributed by atoms with Gasteiger partial charge in [-0.1, -0.05) is 17.7 Å². The van der Waals surface area contributed by atoms with Crippen molar-refractivity contribution in [1.82, 2.24) is 4.90 Å². The van der Waals surface area contributed by atoms with Crippen LogP contribution in [-0.2, 0) is 11.2 Å². The van der Waals surface area contributed by atoms with Gasteiger partial charge in [-0.15, -0.1) is 0 Å². The van der Waals surface area contributed by atoms with E-state index in [4.69, 9.17) is 0 Å². The minimum Gasteiger partial charge on any atom is -0.861 e. The van der Waals surface area contributed by atoms with Crippen LogP contribution in [0, 0.1) is 6.92 Å². The first-order valence-corrected chi connectivity index (χ1v) is 10.2. The average molecular weight is 370 g/mol. The molecule has 0 aliphatic carbocycles. The zero-order valence-electron chi connectivity index (χ0n) is 16.2. The van der Waals surface area contributed by atoms with Crippen LogP contribution in [0.4, 0.5) is 5.69 Å². The molecular weight excluding hydrogens is 340 g/mol. The number of piperazine rings is 1. The molecule has 6 heteroatoms.